The zero-order valence-corrected chi connectivity index (χ0v) is 12.7. The van der Waals surface area contributed by atoms with Crippen LogP contribution < -0.4 is 4.90 Å². The van der Waals surface area contributed by atoms with Crippen LogP contribution in [0.2, 0.25) is 0 Å². The van der Waals surface area contributed by atoms with Crippen LogP contribution in [-0.4, -0.2) is 47.7 Å². The molecule has 5 nitrogen and oxygen atoms in total. The van der Waals surface area contributed by atoms with E-state index in [0.717, 1.165) is 44.6 Å². The zero-order valence-electron chi connectivity index (χ0n) is 12.7. The molecule has 2 heterocycles. The monoisotopic (exact) mass is 299 g/mol. The number of nitrogens with zero attached hydrogens (tertiary/aromatic N) is 3. The molecule has 116 valence electrons. The summed E-state index contributed by atoms with van der Waals surface area (Å²) in [6.45, 7) is 2.67. The zero-order chi connectivity index (χ0) is 15.6. The largest absolute Gasteiger partial charge is 0.378 e. The van der Waals surface area contributed by atoms with Crippen LogP contribution in [0.25, 0.3) is 0 Å². The van der Waals surface area contributed by atoms with Gasteiger partial charge in [-0.3, -0.25) is 4.79 Å². The first-order valence-electron chi connectivity index (χ1n) is 7.89. The highest BCUT2D eigenvalue weighted by Gasteiger charge is 2.43. The molecule has 1 amide bonds. The summed E-state index contributed by atoms with van der Waals surface area (Å²) in [5, 5.41) is 19.7. The van der Waals surface area contributed by atoms with Crippen LogP contribution in [0.3, 0.4) is 0 Å². The van der Waals surface area contributed by atoms with Crippen molar-refractivity contribution in [1.29, 1.82) is 5.26 Å². The van der Waals surface area contributed by atoms with Gasteiger partial charge >= 0.3 is 0 Å². The lowest BCUT2D eigenvalue weighted by atomic mass is 9.91. The molecule has 5 heteroatoms. The molecule has 2 fully saturated rings. The maximum absolute atomic E-state index is 12.6. The van der Waals surface area contributed by atoms with Crippen molar-refractivity contribution >= 4 is 11.6 Å². The topological polar surface area (TPSA) is 67.6 Å². The molecular formula is C17H21N3O2. The summed E-state index contributed by atoms with van der Waals surface area (Å²) in [5.41, 5.74) is 0.284. The van der Waals surface area contributed by atoms with Crippen molar-refractivity contribution in [3.63, 3.8) is 0 Å². The first kappa shape index (κ1) is 14.9. The van der Waals surface area contributed by atoms with Gasteiger partial charge in [-0.05, 0) is 49.9 Å². The van der Waals surface area contributed by atoms with E-state index in [1.54, 1.807) is 17.0 Å². The molecule has 0 radical (unpaired) electrons. The van der Waals surface area contributed by atoms with Gasteiger partial charge in [0, 0.05) is 25.3 Å². The van der Waals surface area contributed by atoms with E-state index in [9.17, 15) is 9.90 Å². The molecule has 2 saturated heterocycles. The summed E-state index contributed by atoms with van der Waals surface area (Å²) in [6.07, 6.45) is 3.37. The second kappa shape index (κ2) is 5.98. The van der Waals surface area contributed by atoms with Gasteiger partial charge in [-0.15, -0.1) is 0 Å². The molecule has 1 atom stereocenters. The fraction of sp³-hybridized carbons (Fsp3) is 0.529. The van der Waals surface area contributed by atoms with Crippen LogP contribution in [0.15, 0.2) is 24.3 Å². The SMILES string of the molecule is N#Cc1ccc(N2CCCC(O)(C(=O)N3CCCC3)C2)cc1. The maximum atomic E-state index is 12.6. The Kier molecular flexibility index (Phi) is 4.04. The molecule has 0 aromatic heterocycles. The van der Waals surface area contributed by atoms with Crippen molar-refractivity contribution in [3.8, 4) is 6.07 Å². The fourth-order valence-corrected chi connectivity index (χ4v) is 3.39. The highest BCUT2D eigenvalue weighted by Crippen LogP contribution is 2.28. The number of aliphatic hydroxyl groups is 1. The Morgan fingerprint density at radius 1 is 1.14 bits per heavy atom. The second-order valence-electron chi connectivity index (χ2n) is 6.21. The van der Waals surface area contributed by atoms with Crippen molar-refractivity contribution in [1.82, 2.24) is 4.90 Å². The minimum Gasteiger partial charge on any atom is -0.378 e. The first-order valence-corrected chi connectivity index (χ1v) is 7.89. The van der Waals surface area contributed by atoms with Gasteiger partial charge in [-0.25, -0.2) is 0 Å². The van der Waals surface area contributed by atoms with Crippen LogP contribution in [-0.2, 0) is 4.79 Å². The number of likely N-dealkylation sites (tertiary alicyclic amines) is 1. The van der Waals surface area contributed by atoms with Crippen LogP contribution >= 0.6 is 0 Å². The Labute approximate surface area is 130 Å². The molecule has 1 aromatic rings. The lowest BCUT2D eigenvalue weighted by Crippen LogP contribution is -2.57. The minimum absolute atomic E-state index is 0.122. The normalized spacial score (nSPS) is 25.1. The molecule has 2 aliphatic heterocycles. The molecule has 0 bridgehead atoms. The summed E-state index contributed by atoms with van der Waals surface area (Å²) in [4.78, 5) is 16.4. The van der Waals surface area contributed by atoms with E-state index in [4.69, 9.17) is 5.26 Å². The van der Waals surface area contributed by atoms with Crippen molar-refractivity contribution in [2.45, 2.75) is 31.3 Å². The number of rotatable bonds is 2. The molecule has 1 unspecified atom stereocenters. The highest BCUT2D eigenvalue weighted by molar-refractivity contribution is 5.86. The second-order valence-corrected chi connectivity index (χ2v) is 6.21. The molecule has 1 aromatic carbocycles. The predicted molar refractivity (Wildman–Crippen MR) is 83.4 cm³/mol. The van der Waals surface area contributed by atoms with Gasteiger partial charge in [0.2, 0.25) is 0 Å². The number of anilines is 1. The number of hydrogen-bond donors (Lipinski definition) is 1. The van der Waals surface area contributed by atoms with E-state index in [2.05, 4.69) is 6.07 Å². The molecular weight excluding hydrogens is 278 g/mol. The lowest BCUT2D eigenvalue weighted by Gasteiger charge is -2.41. The van der Waals surface area contributed by atoms with Crippen LogP contribution in [0.5, 0.6) is 0 Å². The Morgan fingerprint density at radius 3 is 2.45 bits per heavy atom. The van der Waals surface area contributed by atoms with Crippen molar-refractivity contribution in [2.75, 3.05) is 31.1 Å². The van der Waals surface area contributed by atoms with Crippen LogP contribution in [0.1, 0.15) is 31.2 Å². The Bertz CT molecular complexity index is 587. The number of carbonyl (C=O) groups excluding carboxylic acids is 1. The number of carbonyl (C=O) groups is 1. The summed E-state index contributed by atoms with van der Waals surface area (Å²) >= 11 is 0. The number of nitriles is 1. The highest BCUT2D eigenvalue weighted by atomic mass is 16.3. The third-order valence-corrected chi connectivity index (χ3v) is 4.62. The third kappa shape index (κ3) is 2.79. The minimum atomic E-state index is -1.28. The Balaban J connectivity index is 1.75. The number of β-amino-alcohol motifs (C(OH)–C–C–N with tert-alkyl or cyclic N) is 1. The number of hydrogen-bond acceptors (Lipinski definition) is 4. The summed E-state index contributed by atoms with van der Waals surface area (Å²) in [5.74, 6) is -0.122. The molecule has 0 aliphatic carbocycles. The van der Waals surface area contributed by atoms with E-state index >= 15 is 0 Å². The number of piperidine rings is 1. The molecule has 22 heavy (non-hydrogen) atoms. The lowest BCUT2D eigenvalue weighted by molar-refractivity contribution is -0.151. The van der Waals surface area contributed by atoms with E-state index in [0.29, 0.717) is 18.5 Å². The number of benzene rings is 1. The summed E-state index contributed by atoms with van der Waals surface area (Å²) in [7, 11) is 0. The third-order valence-electron chi connectivity index (χ3n) is 4.62. The van der Waals surface area contributed by atoms with Crippen molar-refractivity contribution in [3.05, 3.63) is 29.8 Å². The molecule has 3 rings (SSSR count). The average molecular weight is 299 g/mol. The summed E-state index contributed by atoms with van der Waals surface area (Å²) < 4.78 is 0. The molecule has 0 spiro atoms. The van der Waals surface area contributed by atoms with Crippen molar-refractivity contribution in [2.24, 2.45) is 0 Å². The van der Waals surface area contributed by atoms with E-state index in [1.807, 2.05) is 17.0 Å². The van der Waals surface area contributed by atoms with E-state index in [-0.39, 0.29) is 5.91 Å². The van der Waals surface area contributed by atoms with Gasteiger partial charge in [0.25, 0.3) is 5.91 Å². The van der Waals surface area contributed by atoms with Gasteiger partial charge < -0.3 is 14.9 Å². The van der Waals surface area contributed by atoms with Gasteiger partial charge in [-0.1, -0.05) is 0 Å². The fourth-order valence-electron chi connectivity index (χ4n) is 3.39. The molecule has 2 aliphatic rings. The average Bonchev–Trinajstić information content (AvgIpc) is 3.08. The standard InChI is InChI=1S/C17H21N3O2/c18-12-14-4-6-15(7-5-14)20-11-3-8-17(22,13-20)16(21)19-9-1-2-10-19/h4-7,22H,1-3,8-11,13H2. The Hall–Kier alpha value is -2.06. The molecule has 0 saturated carbocycles. The Morgan fingerprint density at radius 2 is 1.82 bits per heavy atom. The quantitative estimate of drug-likeness (QED) is 0.899. The van der Waals surface area contributed by atoms with Gasteiger partial charge in [-0.2, -0.15) is 5.26 Å². The molecule has 1 N–H and O–H groups in total. The van der Waals surface area contributed by atoms with Gasteiger partial charge in [0.1, 0.15) is 0 Å². The van der Waals surface area contributed by atoms with Crippen LogP contribution in [0, 0.1) is 11.3 Å². The number of amides is 1. The van der Waals surface area contributed by atoms with Crippen molar-refractivity contribution < 1.29 is 9.90 Å². The van der Waals surface area contributed by atoms with E-state index in [1.165, 1.54) is 0 Å². The van der Waals surface area contributed by atoms with Gasteiger partial charge in [0.15, 0.2) is 5.60 Å². The maximum Gasteiger partial charge on any atom is 0.256 e. The first-order chi connectivity index (χ1) is 10.6. The smallest absolute Gasteiger partial charge is 0.256 e. The summed E-state index contributed by atoms with van der Waals surface area (Å²) in [6, 6.07) is 9.40. The van der Waals surface area contributed by atoms with Crippen LogP contribution in [0.4, 0.5) is 5.69 Å². The predicted octanol–water partition coefficient (Wildman–Crippen LogP) is 1.51. The van der Waals surface area contributed by atoms with E-state index < -0.39 is 5.60 Å². The van der Waals surface area contributed by atoms with Gasteiger partial charge in [0.05, 0.1) is 18.2 Å².